The van der Waals surface area contributed by atoms with Gasteiger partial charge < -0.3 is 14.8 Å². The summed E-state index contributed by atoms with van der Waals surface area (Å²) in [5, 5.41) is 0. The molecule has 2 rings (SSSR count). The van der Waals surface area contributed by atoms with Crippen molar-refractivity contribution in [3.05, 3.63) is 52.6 Å². The Balaban J connectivity index is 2.46. The topological polar surface area (TPSA) is 52.2 Å². The summed E-state index contributed by atoms with van der Waals surface area (Å²) < 4.78 is 78.6. The molecule has 0 fully saturated rings. The predicted octanol–water partition coefficient (Wildman–Crippen LogP) is 3.96. The molecule has 0 spiro atoms. The number of hydrogen-bond donors (Lipinski definition) is 1. The fourth-order valence-electron chi connectivity index (χ4n) is 2.56. The van der Waals surface area contributed by atoms with Gasteiger partial charge in [0.1, 0.15) is 0 Å². The van der Waals surface area contributed by atoms with Crippen LogP contribution < -0.4 is 0 Å². The van der Waals surface area contributed by atoms with Gasteiger partial charge in [-0.2, -0.15) is 26.3 Å². The van der Waals surface area contributed by atoms with E-state index < -0.39 is 35.0 Å². The molecule has 0 atom stereocenters. The second kappa shape index (κ2) is 8.44. The number of aryl methyl sites for hydroxylation is 1. The number of likely N-dealkylation sites (N-methyl/N-ethyl adjacent to an activating group) is 1. The summed E-state index contributed by atoms with van der Waals surface area (Å²) in [6.07, 6.45) is -8.65. The van der Waals surface area contributed by atoms with Crippen LogP contribution in [0.2, 0.25) is 0 Å². The van der Waals surface area contributed by atoms with Gasteiger partial charge >= 0.3 is 12.4 Å². The quantitative estimate of drug-likeness (QED) is 0.717. The van der Waals surface area contributed by atoms with E-state index >= 15 is 0 Å². The first-order valence-corrected chi connectivity index (χ1v) is 8.51. The lowest BCUT2D eigenvalue weighted by molar-refractivity contribution is -0.143. The Bertz CT molecular complexity index is 825. The van der Waals surface area contributed by atoms with E-state index in [0.717, 1.165) is 0 Å². The van der Waals surface area contributed by atoms with Crippen molar-refractivity contribution in [2.75, 3.05) is 27.2 Å². The maximum atomic E-state index is 13.1. The molecule has 2 aromatic rings. The minimum absolute atomic E-state index is 0.00119. The largest absolute Gasteiger partial charge is 0.416 e. The zero-order valence-corrected chi connectivity index (χ0v) is 15.9. The number of hydrogen-bond acceptors (Lipinski definition) is 3. The Morgan fingerprint density at radius 2 is 1.55 bits per heavy atom. The number of alkyl halides is 6. The van der Waals surface area contributed by atoms with Gasteiger partial charge in [0.05, 0.1) is 29.7 Å². The van der Waals surface area contributed by atoms with Gasteiger partial charge in [-0.15, -0.1) is 0 Å². The smallest absolute Gasteiger partial charge is 0.348 e. The molecular weight excluding hydrogens is 402 g/mol. The molecule has 1 aromatic carbocycles. The highest BCUT2D eigenvalue weighted by Gasteiger charge is 2.38. The van der Waals surface area contributed by atoms with Crippen molar-refractivity contribution >= 4 is 5.91 Å². The van der Waals surface area contributed by atoms with Gasteiger partial charge in [-0.25, -0.2) is 4.98 Å². The van der Waals surface area contributed by atoms with E-state index in [0.29, 0.717) is 30.1 Å². The SMILES string of the molecule is Cc1[nH]cnc1CN(CCN(C)C)C(=O)c1cc(C(F)(F)F)cc(C(F)(F)F)c1. The first-order valence-electron chi connectivity index (χ1n) is 8.51. The minimum Gasteiger partial charge on any atom is -0.348 e. The number of imidazole rings is 1. The van der Waals surface area contributed by atoms with Crippen LogP contribution in [-0.2, 0) is 18.9 Å². The second-order valence-corrected chi connectivity index (χ2v) is 6.80. The van der Waals surface area contributed by atoms with Crippen molar-refractivity contribution in [2.24, 2.45) is 0 Å². The van der Waals surface area contributed by atoms with Crippen LogP contribution in [0.3, 0.4) is 0 Å². The Hall–Kier alpha value is -2.56. The van der Waals surface area contributed by atoms with Crippen LogP contribution in [0.5, 0.6) is 0 Å². The molecular formula is C18H20F6N4O. The molecule has 5 nitrogen and oxygen atoms in total. The lowest BCUT2D eigenvalue weighted by atomic mass is 10.0. The maximum absolute atomic E-state index is 13.1. The zero-order valence-electron chi connectivity index (χ0n) is 15.9. The fraction of sp³-hybridized carbons (Fsp3) is 0.444. The summed E-state index contributed by atoms with van der Waals surface area (Å²) in [4.78, 5) is 22.7. The Morgan fingerprint density at radius 1 is 1.00 bits per heavy atom. The van der Waals surface area contributed by atoms with E-state index in [-0.39, 0.29) is 19.2 Å². The van der Waals surface area contributed by atoms with Crippen LogP contribution >= 0.6 is 0 Å². The van der Waals surface area contributed by atoms with E-state index in [9.17, 15) is 31.1 Å². The molecule has 29 heavy (non-hydrogen) atoms. The van der Waals surface area contributed by atoms with Crippen molar-refractivity contribution in [3.63, 3.8) is 0 Å². The van der Waals surface area contributed by atoms with Gasteiger partial charge in [0.25, 0.3) is 5.91 Å². The van der Waals surface area contributed by atoms with Crippen molar-refractivity contribution in [1.82, 2.24) is 19.8 Å². The number of nitrogens with zero attached hydrogens (tertiary/aromatic N) is 3. The summed E-state index contributed by atoms with van der Waals surface area (Å²) in [5.74, 6) is -0.939. The molecule has 0 aliphatic heterocycles. The summed E-state index contributed by atoms with van der Waals surface area (Å²) in [5.41, 5.74) is -2.62. The first kappa shape index (κ1) is 22.7. The van der Waals surface area contributed by atoms with E-state index in [1.807, 2.05) is 0 Å². The molecule has 0 radical (unpaired) electrons. The van der Waals surface area contributed by atoms with Crippen molar-refractivity contribution in [2.45, 2.75) is 25.8 Å². The predicted molar refractivity (Wildman–Crippen MR) is 93.1 cm³/mol. The third-order valence-corrected chi connectivity index (χ3v) is 4.21. The highest BCUT2D eigenvalue weighted by atomic mass is 19.4. The monoisotopic (exact) mass is 422 g/mol. The van der Waals surface area contributed by atoms with E-state index in [1.54, 1.807) is 25.9 Å². The molecule has 160 valence electrons. The highest BCUT2D eigenvalue weighted by Crippen LogP contribution is 2.36. The number of nitrogens with one attached hydrogen (secondary N) is 1. The highest BCUT2D eigenvalue weighted by molar-refractivity contribution is 5.94. The molecule has 11 heteroatoms. The van der Waals surface area contributed by atoms with Gasteiger partial charge in [0.15, 0.2) is 0 Å². The molecule has 1 amide bonds. The lowest BCUT2D eigenvalue weighted by Gasteiger charge is -2.25. The number of amides is 1. The summed E-state index contributed by atoms with van der Waals surface area (Å²) in [7, 11) is 3.46. The van der Waals surface area contributed by atoms with Gasteiger partial charge in [-0.05, 0) is 39.2 Å². The van der Waals surface area contributed by atoms with Gasteiger partial charge in [-0.1, -0.05) is 0 Å². The van der Waals surface area contributed by atoms with Crippen molar-refractivity contribution in [1.29, 1.82) is 0 Å². The zero-order chi connectivity index (χ0) is 22.0. The number of H-pyrrole nitrogens is 1. The molecule has 1 N–H and O–H groups in total. The number of carbonyl (C=O) groups is 1. The average Bonchev–Trinajstić information content (AvgIpc) is 3.00. The van der Waals surface area contributed by atoms with Gasteiger partial charge in [0, 0.05) is 24.3 Å². The van der Waals surface area contributed by atoms with E-state index in [4.69, 9.17) is 0 Å². The third-order valence-electron chi connectivity index (χ3n) is 4.21. The fourth-order valence-corrected chi connectivity index (χ4v) is 2.56. The Labute approximate surface area is 163 Å². The number of aromatic nitrogens is 2. The summed E-state index contributed by atoms with van der Waals surface area (Å²) in [6.45, 7) is 2.10. The van der Waals surface area contributed by atoms with Crippen molar-refractivity contribution in [3.8, 4) is 0 Å². The normalized spacial score (nSPS) is 12.5. The second-order valence-electron chi connectivity index (χ2n) is 6.80. The first-order chi connectivity index (χ1) is 13.3. The van der Waals surface area contributed by atoms with Crippen LogP contribution in [0, 0.1) is 6.92 Å². The molecule has 1 aromatic heterocycles. The number of halogens is 6. The molecule has 0 aliphatic carbocycles. The van der Waals surface area contributed by atoms with Crippen LogP contribution in [0.4, 0.5) is 26.3 Å². The van der Waals surface area contributed by atoms with E-state index in [2.05, 4.69) is 9.97 Å². The van der Waals surface area contributed by atoms with Crippen molar-refractivity contribution < 1.29 is 31.1 Å². The summed E-state index contributed by atoms with van der Waals surface area (Å²) >= 11 is 0. The summed E-state index contributed by atoms with van der Waals surface area (Å²) in [6, 6.07) is 0.883. The molecule has 0 saturated carbocycles. The lowest BCUT2D eigenvalue weighted by Crippen LogP contribution is -2.36. The van der Waals surface area contributed by atoms with E-state index in [1.165, 1.54) is 11.2 Å². The average molecular weight is 422 g/mol. The molecule has 0 unspecified atom stereocenters. The number of carbonyl (C=O) groups excluding carboxylic acids is 1. The Morgan fingerprint density at radius 3 is 1.97 bits per heavy atom. The van der Waals surface area contributed by atoms with Crippen LogP contribution in [0.1, 0.15) is 32.9 Å². The maximum Gasteiger partial charge on any atom is 0.416 e. The number of rotatable bonds is 6. The number of benzene rings is 1. The molecule has 1 heterocycles. The van der Waals surface area contributed by atoms with Crippen LogP contribution in [0.15, 0.2) is 24.5 Å². The minimum atomic E-state index is -5.02. The third kappa shape index (κ3) is 5.96. The van der Waals surface area contributed by atoms with Gasteiger partial charge in [-0.3, -0.25) is 4.79 Å². The standard InChI is InChI=1S/C18H20F6N4O/c1-11-15(26-10-25-11)9-28(5-4-27(2)3)16(29)12-6-13(17(19,20)21)8-14(7-12)18(22,23)24/h6-8,10H,4-5,9H2,1-3H3,(H,25,26). The van der Waals surface area contributed by atoms with Crippen LogP contribution in [0.25, 0.3) is 0 Å². The number of aromatic amines is 1. The molecule has 0 bridgehead atoms. The molecule has 0 saturated heterocycles. The van der Waals surface area contributed by atoms with Gasteiger partial charge in [0.2, 0.25) is 0 Å². The Kier molecular flexibility index (Phi) is 6.61. The molecule has 0 aliphatic rings. The van der Waals surface area contributed by atoms with Crippen LogP contribution in [-0.4, -0.2) is 52.9 Å².